The quantitative estimate of drug-likeness (QED) is 0.135. The number of pyridine rings is 2. The molecule has 0 fully saturated rings. The van der Waals surface area contributed by atoms with Crippen LogP contribution in [-0.2, 0) is 13.1 Å². The zero-order chi connectivity index (χ0) is 33.0. The Morgan fingerprint density at radius 2 is 1.46 bits per heavy atom. The van der Waals surface area contributed by atoms with E-state index in [-0.39, 0.29) is 5.56 Å². The minimum absolute atomic E-state index is 0.162. The molecule has 46 heavy (non-hydrogen) atoms. The van der Waals surface area contributed by atoms with E-state index in [0.717, 1.165) is 33.4 Å². The summed E-state index contributed by atoms with van der Waals surface area (Å²) >= 11 is 14.1. The van der Waals surface area contributed by atoms with Crippen LogP contribution in [0.4, 0.5) is 0 Å². The van der Waals surface area contributed by atoms with Crippen molar-refractivity contribution >= 4 is 28.8 Å². The number of aromatic nitrogens is 3. The van der Waals surface area contributed by atoms with E-state index in [1.807, 2.05) is 67.6 Å². The highest BCUT2D eigenvalue weighted by Crippen LogP contribution is 2.42. The van der Waals surface area contributed by atoms with E-state index in [1.165, 1.54) is 4.40 Å². The Labute approximate surface area is 277 Å². The normalized spacial score (nSPS) is 12.8. The number of ether oxygens (including phenoxy) is 1. The van der Waals surface area contributed by atoms with Gasteiger partial charge in [-0.1, -0.05) is 65.7 Å². The molecule has 9 nitrogen and oxygen atoms in total. The van der Waals surface area contributed by atoms with E-state index in [9.17, 15) is 15.0 Å². The van der Waals surface area contributed by atoms with Crippen LogP contribution in [0.25, 0.3) is 39.2 Å². The van der Waals surface area contributed by atoms with Gasteiger partial charge in [-0.2, -0.15) is 0 Å². The lowest BCUT2D eigenvalue weighted by molar-refractivity contribution is 0.190. The van der Waals surface area contributed by atoms with E-state index < -0.39 is 12.2 Å². The SMILES string of the molecule is COc1nc(-c2cccc(-c3cccc(-c4ccn5c(=O)c(CNC[C@H](C)O)c(C)nc5c4)c3Cl)c2Cl)ccc1CNC[C@@H](C)O. The number of aryl methyl sites for hydroxylation is 1. The minimum Gasteiger partial charge on any atom is -0.481 e. The van der Waals surface area contributed by atoms with Gasteiger partial charge in [-0.05, 0) is 44.5 Å². The number of hydrogen-bond acceptors (Lipinski definition) is 8. The number of rotatable bonds is 12. The van der Waals surface area contributed by atoms with Gasteiger partial charge in [0.15, 0.2) is 0 Å². The molecule has 0 radical (unpaired) electrons. The van der Waals surface area contributed by atoms with Gasteiger partial charge in [0.25, 0.3) is 5.56 Å². The van der Waals surface area contributed by atoms with Crippen molar-refractivity contribution < 1.29 is 14.9 Å². The summed E-state index contributed by atoms with van der Waals surface area (Å²) in [6.45, 7) is 6.86. The third-order valence-electron chi connectivity index (χ3n) is 7.63. The van der Waals surface area contributed by atoms with Gasteiger partial charge in [0.05, 0.1) is 40.6 Å². The molecule has 4 N–H and O–H groups in total. The van der Waals surface area contributed by atoms with Crippen LogP contribution in [0.3, 0.4) is 0 Å². The number of aliphatic hydroxyl groups is 2. The van der Waals surface area contributed by atoms with E-state index in [2.05, 4.69) is 10.6 Å². The highest BCUT2D eigenvalue weighted by atomic mass is 35.5. The molecule has 0 unspecified atom stereocenters. The largest absolute Gasteiger partial charge is 0.481 e. The van der Waals surface area contributed by atoms with Gasteiger partial charge in [-0.15, -0.1) is 0 Å². The van der Waals surface area contributed by atoms with Gasteiger partial charge in [0, 0.05) is 65.9 Å². The van der Waals surface area contributed by atoms with E-state index >= 15 is 0 Å². The predicted molar refractivity (Wildman–Crippen MR) is 184 cm³/mol. The molecule has 2 aromatic carbocycles. The van der Waals surface area contributed by atoms with Crippen molar-refractivity contribution in [1.82, 2.24) is 25.0 Å². The molecule has 0 aliphatic rings. The highest BCUT2D eigenvalue weighted by molar-refractivity contribution is 6.39. The number of methoxy groups -OCH3 is 1. The second-order valence-electron chi connectivity index (χ2n) is 11.3. The van der Waals surface area contributed by atoms with Crippen LogP contribution in [0.5, 0.6) is 5.88 Å². The molecule has 0 aliphatic carbocycles. The molecule has 0 aliphatic heterocycles. The molecule has 240 valence electrons. The first-order chi connectivity index (χ1) is 22.1. The molecule has 3 heterocycles. The van der Waals surface area contributed by atoms with Crippen molar-refractivity contribution in [3.8, 4) is 39.4 Å². The molecule has 0 amide bonds. The average Bonchev–Trinajstić information content (AvgIpc) is 3.02. The van der Waals surface area contributed by atoms with Crippen LogP contribution in [-0.4, -0.2) is 57.0 Å². The predicted octanol–water partition coefficient (Wildman–Crippen LogP) is 5.66. The Kier molecular flexibility index (Phi) is 10.7. The molecule has 0 bridgehead atoms. The average molecular weight is 663 g/mol. The lowest BCUT2D eigenvalue weighted by Gasteiger charge is -2.15. The molecule has 2 atom stereocenters. The van der Waals surface area contributed by atoms with Crippen LogP contribution < -0.4 is 20.9 Å². The highest BCUT2D eigenvalue weighted by Gasteiger charge is 2.18. The molecule has 5 rings (SSSR count). The smallest absolute Gasteiger partial charge is 0.262 e. The Balaban J connectivity index is 1.48. The maximum atomic E-state index is 13.2. The van der Waals surface area contributed by atoms with Crippen molar-refractivity contribution in [2.75, 3.05) is 20.2 Å². The Bertz CT molecular complexity index is 1930. The number of nitrogens with zero attached hydrogens (tertiary/aromatic N) is 3. The van der Waals surface area contributed by atoms with Crippen LogP contribution in [0.15, 0.2) is 71.7 Å². The van der Waals surface area contributed by atoms with Crippen molar-refractivity contribution in [2.24, 2.45) is 0 Å². The zero-order valence-corrected chi connectivity index (χ0v) is 27.7. The lowest BCUT2D eigenvalue weighted by atomic mass is 9.97. The maximum absolute atomic E-state index is 13.2. The number of fused-ring (bicyclic) bond motifs is 1. The first-order valence-electron chi connectivity index (χ1n) is 15.0. The number of hydrogen-bond donors (Lipinski definition) is 4. The fourth-order valence-corrected chi connectivity index (χ4v) is 5.97. The number of halogens is 2. The van der Waals surface area contributed by atoms with Crippen molar-refractivity contribution in [1.29, 1.82) is 0 Å². The first kappa shape index (κ1) is 33.5. The molecular weight excluding hydrogens is 625 g/mol. The third kappa shape index (κ3) is 7.25. The fraction of sp³-hybridized carbons (Fsp3) is 0.286. The summed E-state index contributed by atoms with van der Waals surface area (Å²) in [5.41, 5.74) is 6.82. The second-order valence-corrected chi connectivity index (χ2v) is 12.0. The number of benzene rings is 2. The van der Waals surface area contributed by atoms with Gasteiger partial charge in [-0.3, -0.25) is 9.20 Å². The zero-order valence-electron chi connectivity index (χ0n) is 26.1. The first-order valence-corrected chi connectivity index (χ1v) is 15.8. The standard InChI is InChI=1S/C35H37Cl2N5O4/c1-20(43)16-38-18-24-11-12-30(41-34(24)46-4)28-10-6-9-27(33(28)37)26-8-5-7-25(32(26)36)23-13-14-42-31(15-23)40-22(3)29(35(42)45)19-39-17-21(2)44/h5-15,20-21,38-39,43-44H,16-19H2,1-4H3/t20-,21+/m1/s1. The number of aliphatic hydroxyl groups excluding tert-OH is 2. The van der Waals surface area contributed by atoms with E-state index in [1.54, 1.807) is 27.2 Å². The van der Waals surface area contributed by atoms with Gasteiger partial charge < -0.3 is 25.6 Å². The van der Waals surface area contributed by atoms with Crippen LogP contribution in [0.2, 0.25) is 10.0 Å². The van der Waals surface area contributed by atoms with Gasteiger partial charge in [-0.25, -0.2) is 9.97 Å². The maximum Gasteiger partial charge on any atom is 0.262 e. The Hall–Kier alpha value is -3.83. The van der Waals surface area contributed by atoms with Crippen LogP contribution in [0, 0.1) is 6.92 Å². The van der Waals surface area contributed by atoms with Crippen molar-refractivity contribution in [3.63, 3.8) is 0 Å². The van der Waals surface area contributed by atoms with Crippen LogP contribution >= 0.6 is 23.2 Å². The van der Waals surface area contributed by atoms with Gasteiger partial charge in [0.1, 0.15) is 5.65 Å². The van der Waals surface area contributed by atoms with Gasteiger partial charge >= 0.3 is 0 Å². The third-order valence-corrected chi connectivity index (χ3v) is 8.45. The molecule has 0 spiro atoms. The summed E-state index contributed by atoms with van der Waals surface area (Å²) in [4.78, 5) is 22.7. The monoisotopic (exact) mass is 661 g/mol. The summed E-state index contributed by atoms with van der Waals surface area (Å²) in [6, 6.07) is 19.0. The molecule has 11 heteroatoms. The minimum atomic E-state index is -0.515. The summed E-state index contributed by atoms with van der Waals surface area (Å²) in [6.07, 6.45) is 0.732. The summed E-state index contributed by atoms with van der Waals surface area (Å²) in [5.74, 6) is 0.472. The molecule has 5 aromatic rings. The fourth-order valence-electron chi connectivity index (χ4n) is 5.31. The summed E-state index contributed by atoms with van der Waals surface area (Å²) in [7, 11) is 1.57. The molecular formula is C35H37Cl2N5O4. The Morgan fingerprint density at radius 1 is 0.848 bits per heavy atom. The van der Waals surface area contributed by atoms with Crippen molar-refractivity contribution in [3.05, 3.63) is 104 Å². The van der Waals surface area contributed by atoms with Crippen molar-refractivity contribution in [2.45, 2.75) is 46.1 Å². The molecule has 3 aromatic heterocycles. The number of nitrogens with one attached hydrogen (secondary N) is 2. The van der Waals surface area contributed by atoms with Crippen LogP contribution in [0.1, 0.15) is 30.7 Å². The molecule has 0 saturated carbocycles. The van der Waals surface area contributed by atoms with E-state index in [0.29, 0.717) is 64.7 Å². The van der Waals surface area contributed by atoms with Gasteiger partial charge in [0.2, 0.25) is 5.88 Å². The summed E-state index contributed by atoms with van der Waals surface area (Å²) in [5, 5.41) is 26.4. The summed E-state index contributed by atoms with van der Waals surface area (Å²) < 4.78 is 7.08. The lowest BCUT2D eigenvalue weighted by Crippen LogP contribution is -2.30. The molecule has 0 saturated heterocycles. The topological polar surface area (TPSA) is 121 Å². The van der Waals surface area contributed by atoms with E-state index in [4.69, 9.17) is 37.9 Å². The Morgan fingerprint density at radius 3 is 2.11 bits per heavy atom. The second kappa shape index (κ2) is 14.7.